The molecule has 0 radical (unpaired) electrons. The second-order valence-corrected chi connectivity index (χ2v) is 6.48. The van der Waals surface area contributed by atoms with Crippen molar-refractivity contribution in [2.45, 2.75) is 12.8 Å². The van der Waals surface area contributed by atoms with Gasteiger partial charge in [-0.05, 0) is 23.8 Å². The molecule has 1 fully saturated rings. The highest BCUT2D eigenvalue weighted by Crippen LogP contribution is 2.43. The lowest BCUT2D eigenvalue weighted by molar-refractivity contribution is -0.127. The molecule has 2 aliphatic heterocycles. The summed E-state index contributed by atoms with van der Waals surface area (Å²) in [5.41, 5.74) is 2.55. The van der Waals surface area contributed by atoms with E-state index in [9.17, 15) is 9.59 Å². The molecule has 1 saturated heterocycles. The predicted molar refractivity (Wildman–Crippen MR) is 90.8 cm³/mol. The fraction of sp³-hybridized carbons (Fsp3) is 0.316. The number of hydrogen-bond acceptors (Lipinski definition) is 3. The number of aromatic nitrogens is 1. The van der Waals surface area contributed by atoms with Crippen molar-refractivity contribution in [2.24, 2.45) is 5.92 Å². The predicted octanol–water partition coefficient (Wildman–Crippen LogP) is 2.30. The van der Waals surface area contributed by atoms with Crippen LogP contribution in [0.1, 0.15) is 28.9 Å². The fourth-order valence-electron chi connectivity index (χ4n) is 3.87. The summed E-state index contributed by atoms with van der Waals surface area (Å²) < 4.78 is 0. The third-order valence-corrected chi connectivity index (χ3v) is 5.06. The van der Waals surface area contributed by atoms with E-state index in [0.29, 0.717) is 24.7 Å². The van der Waals surface area contributed by atoms with Gasteiger partial charge in [-0.15, -0.1) is 0 Å². The monoisotopic (exact) mass is 321 g/mol. The van der Waals surface area contributed by atoms with Gasteiger partial charge in [-0.2, -0.15) is 0 Å². The Balaban J connectivity index is 1.72. The fourth-order valence-corrected chi connectivity index (χ4v) is 3.87. The van der Waals surface area contributed by atoms with Crippen molar-refractivity contribution in [1.82, 2.24) is 9.88 Å². The number of likely N-dealkylation sites (tertiary alicyclic amines) is 1. The number of hydrogen-bond donors (Lipinski definition) is 0. The molecule has 1 aromatic heterocycles. The molecule has 24 heavy (non-hydrogen) atoms. The van der Waals surface area contributed by atoms with E-state index in [2.05, 4.69) is 11.1 Å². The summed E-state index contributed by atoms with van der Waals surface area (Å²) in [5.74, 6) is 0.599. The lowest BCUT2D eigenvalue weighted by Crippen LogP contribution is -2.42. The zero-order valence-corrected chi connectivity index (χ0v) is 13.6. The number of pyridine rings is 1. The molecule has 2 aliphatic rings. The first-order valence-electron chi connectivity index (χ1n) is 8.22. The molecule has 2 aromatic rings. The first-order valence-corrected chi connectivity index (χ1v) is 8.22. The van der Waals surface area contributed by atoms with E-state index in [1.165, 1.54) is 0 Å². The van der Waals surface area contributed by atoms with E-state index in [1.54, 1.807) is 25.3 Å². The van der Waals surface area contributed by atoms with Crippen LogP contribution >= 0.6 is 0 Å². The molecular weight excluding hydrogens is 302 g/mol. The molecule has 5 heteroatoms. The van der Waals surface area contributed by atoms with Crippen LogP contribution in [0.15, 0.2) is 48.7 Å². The number of para-hydroxylation sites is 1. The van der Waals surface area contributed by atoms with E-state index in [-0.39, 0.29) is 17.7 Å². The Kier molecular flexibility index (Phi) is 3.56. The maximum atomic E-state index is 12.9. The number of benzene rings is 1. The summed E-state index contributed by atoms with van der Waals surface area (Å²) in [6.45, 7) is 3.68. The second-order valence-electron chi connectivity index (χ2n) is 6.48. The molecule has 0 bridgehead atoms. The number of rotatable bonds is 1. The molecule has 5 nitrogen and oxygen atoms in total. The molecule has 122 valence electrons. The summed E-state index contributed by atoms with van der Waals surface area (Å²) in [6.07, 6.45) is 1.64. The van der Waals surface area contributed by atoms with E-state index in [4.69, 9.17) is 0 Å². The summed E-state index contributed by atoms with van der Waals surface area (Å²) in [7, 11) is 0. The average Bonchev–Trinajstić information content (AvgIpc) is 3.06. The van der Waals surface area contributed by atoms with Crippen LogP contribution in [-0.4, -0.2) is 41.3 Å². The minimum atomic E-state index is -0.0808. The average molecular weight is 321 g/mol. The number of carbonyl (C=O) groups excluding carboxylic acids is 2. The Hall–Kier alpha value is -2.69. The van der Waals surface area contributed by atoms with Gasteiger partial charge in [-0.3, -0.25) is 14.6 Å². The number of fused-ring (bicyclic) bond motifs is 3. The number of carbonyl (C=O) groups is 2. The van der Waals surface area contributed by atoms with Crippen molar-refractivity contribution < 1.29 is 9.59 Å². The van der Waals surface area contributed by atoms with Gasteiger partial charge in [-0.25, -0.2) is 0 Å². The van der Waals surface area contributed by atoms with E-state index >= 15 is 0 Å². The van der Waals surface area contributed by atoms with Gasteiger partial charge < -0.3 is 9.80 Å². The third kappa shape index (κ3) is 2.37. The van der Waals surface area contributed by atoms with Crippen LogP contribution in [0.5, 0.6) is 0 Å². The van der Waals surface area contributed by atoms with Crippen LogP contribution in [0, 0.1) is 5.92 Å². The molecule has 0 spiro atoms. The smallest absolute Gasteiger partial charge is 0.276 e. The van der Waals surface area contributed by atoms with Gasteiger partial charge in [0.1, 0.15) is 5.69 Å². The number of nitrogens with zero attached hydrogens (tertiary/aromatic N) is 3. The molecule has 0 aliphatic carbocycles. The Bertz CT molecular complexity index is 790. The van der Waals surface area contributed by atoms with Crippen molar-refractivity contribution in [3.05, 3.63) is 59.9 Å². The van der Waals surface area contributed by atoms with Crippen LogP contribution < -0.4 is 4.90 Å². The van der Waals surface area contributed by atoms with Crippen molar-refractivity contribution in [3.8, 4) is 0 Å². The first kappa shape index (κ1) is 14.9. The zero-order valence-electron chi connectivity index (χ0n) is 13.6. The highest BCUT2D eigenvalue weighted by molar-refractivity contribution is 6.05. The van der Waals surface area contributed by atoms with Gasteiger partial charge in [0, 0.05) is 50.3 Å². The molecular formula is C19H19N3O2. The molecule has 1 aromatic carbocycles. The quantitative estimate of drug-likeness (QED) is 0.810. The Labute approximate surface area is 140 Å². The zero-order chi connectivity index (χ0) is 16.7. The maximum absolute atomic E-state index is 12.9. The topological polar surface area (TPSA) is 53.5 Å². The number of anilines is 1. The lowest BCUT2D eigenvalue weighted by Gasteiger charge is -2.36. The Morgan fingerprint density at radius 3 is 2.58 bits per heavy atom. The number of amides is 2. The van der Waals surface area contributed by atoms with Crippen molar-refractivity contribution in [2.75, 3.05) is 24.5 Å². The molecule has 0 saturated carbocycles. The first-order chi connectivity index (χ1) is 11.6. The van der Waals surface area contributed by atoms with Crippen LogP contribution in [-0.2, 0) is 4.79 Å². The normalized spacial score (nSPS) is 22.0. The Morgan fingerprint density at radius 1 is 1.04 bits per heavy atom. The molecule has 0 N–H and O–H groups in total. The van der Waals surface area contributed by atoms with E-state index in [0.717, 1.165) is 17.8 Å². The van der Waals surface area contributed by atoms with Crippen LogP contribution in [0.4, 0.5) is 5.69 Å². The van der Waals surface area contributed by atoms with Gasteiger partial charge >= 0.3 is 0 Å². The summed E-state index contributed by atoms with van der Waals surface area (Å²) >= 11 is 0. The molecule has 2 atom stereocenters. The van der Waals surface area contributed by atoms with Gasteiger partial charge in [0.05, 0.1) is 0 Å². The highest BCUT2D eigenvalue weighted by atomic mass is 16.2. The SMILES string of the molecule is CC(=O)N1CC2CN(C(=O)c3ccccn3)c3ccccc3C2C1. The third-order valence-electron chi connectivity index (χ3n) is 5.06. The van der Waals surface area contributed by atoms with Gasteiger partial charge in [0.2, 0.25) is 5.91 Å². The summed E-state index contributed by atoms with van der Waals surface area (Å²) in [6, 6.07) is 13.4. The summed E-state index contributed by atoms with van der Waals surface area (Å²) in [4.78, 5) is 32.6. The van der Waals surface area contributed by atoms with E-state index < -0.39 is 0 Å². The summed E-state index contributed by atoms with van der Waals surface area (Å²) in [5, 5.41) is 0. The highest BCUT2D eigenvalue weighted by Gasteiger charge is 2.42. The molecule has 4 rings (SSSR count). The molecule has 3 heterocycles. The van der Waals surface area contributed by atoms with Crippen molar-refractivity contribution in [1.29, 1.82) is 0 Å². The van der Waals surface area contributed by atoms with Crippen molar-refractivity contribution >= 4 is 17.5 Å². The maximum Gasteiger partial charge on any atom is 0.276 e. The van der Waals surface area contributed by atoms with Crippen LogP contribution in [0.2, 0.25) is 0 Å². The minimum Gasteiger partial charge on any atom is -0.342 e. The Morgan fingerprint density at radius 2 is 1.83 bits per heavy atom. The standard InChI is InChI=1S/C19H19N3O2/c1-13(23)21-10-14-11-22(19(24)17-7-4-5-9-20-17)18-8-3-2-6-15(18)16(14)12-21/h2-9,14,16H,10-12H2,1H3. The van der Waals surface area contributed by atoms with Crippen LogP contribution in [0.25, 0.3) is 0 Å². The molecule has 2 amide bonds. The van der Waals surface area contributed by atoms with E-state index in [1.807, 2.05) is 34.1 Å². The lowest BCUT2D eigenvalue weighted by atomic mass is 9.83. The second kappa shape index (κ2) is 5.74. The van der Waals surface area contributed by atoms with Crippen molar-refractivity contribution in [3.63, 3.8) is 0 Å². The van der Waals surface area contributed by atoms with Gasteiger partial charge in [0.25, 0.3) is 5.91 Å². The van der Waals surface area contributed by atoms with Gasteiger partial charge in [-0.1, -0.05) is 24.3 Å². The largest absolute Gasteiger partial charge is 0.342 e. The molecule has 2 unspecified atom stereocenters. The van der Waals surface area contributed by atoms with Gasteiger partial charge in [0.15, 0.2) is 0 Å². The minimum absolute atomic E-state index is 0.0808. The van der Waals surface area contributed by atoms with Crippen LogP contribution in [0.3, 0.4) is 0 Å².